The lowest BCUT2D eigenvalue weighted by Gasteiger charge is -2.43. The van der Waals surface area contributed by atoms with Crippen molar-refractivity contribution in [3.05, 3.63) is 34.9 Å². The van der Waals surface area contributed by atoms with Crippen molar-refractivity contribution in [3.63, 3.8) is 0 Å². The van der Waals surface area contributed by atoms with Crippen molar-refractivity contribution in [2.45, 2.75) is 31.1 Å². The molecule has 3 rings (SSSR count). The van der Waals surface area contributed by atoms with Crippen molar-refractivity contribution in [1.29, 1.82) is 0 Å². The van der Waals surface area contributed by atoms with E-state index >= 15 is 0 Å². The molecule has 5 heteroatoms. The largest absolute Gasteiger partial charge is 0.369 e. The Morgan fingerprint density at radius 1 is 1.33 bits per heavy atom. The molecule has 0 aromatic heterocycles. The third-order valence-electron chi connectivity index (χ3n) is 4.87. The predicted octanol–water partition coefficient (Wildman–Crippen LogP) is 2.10. The Morgan fingerprint density at radius 2 is 2.10 bits per heavy atom. The summed E-state index contributed by atoms with van der Waals surface area (Å²) in [6.07, 6.45) is 3.42. The van der Waals surface area contributed by atoms with Crippen molar-refractivity contribution in [1.82, 2.24) is 4.90 Å². The average Bonchev–Trinajstić information content (AvgIpc) is 2.87. The van der Waals surface area contributed by atoms with Crippen LogP contribution < -0.4 is 5.73 Å². The van der Waals surface area contributed by atoms with Crippen LogP contribution in [0.5, 0.6) is 0 Å². The third-order valence-corrected chi connectivity index (χ3v) is 5.11. The lowest BCUT2D eigenvalue weighted by molar-refractivity contribution is -0.140. The van der Waals surface area contributed by atoms with Gasteiger partial charge in [-0.2, -0.15) is 0 Å². The molecule has 0 bridgehead atoms. The molecule has 2 amide bonds. The van der Waals surface area contributed by atoms with E-state index in [4.69, 9.17) is 17.3 Å². The number of hydrogen-bond acceptors (Lipinski definition) is 2. The molecule has 0 radical (unpaired) electrons. The first kappa shape index (κ1) is 14.4. The number of primary amides is 1. The second-order valence-corrected chi connectivity index (χ2v) is 6.52. The van der Waals surface area contributed by atoms with Crippen LogP contribution >= 0.6 is 11.6 Å². The van der Waals surface area contributed by atoms with Crippen LogP contribution in [0.1, 0.15) is 31.2 Å². The first-order valence-electron chi connectivity index (χ1n) is 7.38. The molecule has 1 aromatic carbocycles. The van der Waals surface area contributed by atoms with E-state index in [2.05, 4.69) is 0 Å². The number of carbonyl (C=O) groups excluding carboxylic acids is 2. The van der Waals surface area contributed by atoms with E-state index in [1.54, 1.807) is 4.90 Å². The fourth-order valence-corrected chi connectivity index (χ4v) is 3.61. The zero-order valence-corrected chi connectivity index (χ0v) is 12.6. The fourth-order valence-electron chi connectivity index (χ4n) is 3.42. The topological polar surface area (TPSA) is 63.4 Å². The second kappa shape index (κ2) is 5.34. The minimum absolute atomic E-state index is 0.125. The number of rotatable bonds is 3. The third kappa shape index (κ3) is 2.42. The van der Waals surface area contributed by atoms with E-state index < -0.39 is 5.41 Å². The number of nitrogens with zero attached hydrogens (tertiary/aromatic N) is 1. The van der Waals surface area contributed by atoms with E-state index in [-0.39, 0.29) is 17.7 Å². The molecule has 1 aliphatic heterocycles. The Bertz CT molecular complexity index is 583. The molecule has 2 aliphatic rings. The van der Waals surface area contributed by atoms with Gasteiger partial charge in [0.15, 0.2) is 0 Å². The monoisotopic (exact) mass is 306 g/mol. The maximum Gasteiger partial charge on any atom is 0.233 e. The van der Waals surface area contributed by atoms with Gasteiger partial charge in [-0.15, -0.1) is 0 Å². The smallest absolute Gasteiger partial charge is 0.233 e. The van der Waals surface area contributed by atoms with Crippen LogP contribution in [-0.4, -0.2) is 29.8 Å². The van der Waals surface area contributed by atoms with Gasteiger partial charge in [0.1, 0.15) is 0 Å². The van der Waals surface area contributed by atoms with Crippen LogP contribution in [0.4, 0.5) is 0 Å². The van der Waals surface area contributed by atoms with Gasteiger partial charge in [0.2, 0.25) is 11.8 Å². The minimum Gasteiger partial charge on any atom is -0.369 e. The summed E-state index contributed by atoms with van der Waals surface area (Å²) in [7, 11) is 0. The molecule has 1 heterocycles. The number of nitrogens with two attached hydrogens (primary N) is 1. The quantitative estimate of drug-likeness (QED) is 0.929. The van der Waals surface area contributed by atoms with Gasteiger partial charge in [-0.1, -0.05) is 30.2 Å². The van der Waals surface area contributed by atoms with Gasteiger partial charge in [-0.05, 0) is 37.0 Å². The summed E-state index contributed by atoms with van der Waals surface area (Å²) in [6, 6.07) is 7.58. The van der Waals surface area contributed by atoms with E-state index in [0.29, 0.717) is 24.5 Å². The van der Waals surface area contributed by atoms with Crippen molar-refractivity contribution >= 4 is 23.4 Å². The number of hydrogen-bond donors (Lipinski definition) is 1. The van der Waals surface area contributed by atoms with Crippen LogP contribution in [-0.2, 0) is 15.0 Å². The van der Waals surface area contributed by atoms with Crippen molar-refractivity contribution in [2.75, 3.05) is 13.1 Å². The molecule has 0 unspecified atom stereocenters. The number of halogens is 1. The molecule has 21 heavy (non-hydrogen) atoms. The Labute approximate surface area is 129 Å². The van der Waals surface area contributed by atoms with Crippen LogP contribution in [0.15, 0.2) is 24.3 Å². The van der Waals surface area contributed by atoms with Gasteiger partial charge in [-0.25, -0.2) is 0 Å². The molecule has 1 saturated heterocycles. The van der Waals surface area contributed by atoms with Crippen LogP contribution in [0, 0.1) is 5.92 Å². The van der Waals surface area contributed by atoms with Gasteiger partial charge in [0.05, 0.1) is 11.3 Å². The Hall–Kier alpha value is -1.55. The summed E-state index contributed by atoms with van der Waals surface area (Å²) < 4.78 is 0. The van der Waals surface area contributed by atoms with Crippen LogP contribution in [0.25, 0.3) is 0 Å². The Balaban J connectivity index is 1.83. The zero-order valence-electron chi connectivity index (χ0n) is 11.8. The van der Waals surface area contributed by atoms with Crippen molar-refractivity contribution < 1.29 is 9.59 Å². The molecule has 2 N–H and O–H groups in total. The Morgan fingerprint density at radius 3 is 2.62 bits per heavy atom. The molecule has 1 aromatic rings. The standard InChI is InChI=1S/C16H19ClN2O2/c17-13-4-1-3-12(9-13)16(6-2-7-16)15(21)19-8-5-11(10-19)14(18)20/h1,3-4,9,11H,2,5-8,10H2,(H2,18,20)/t11-/m0/s1. The van der Waals surface area contributed by atoms with E-state index in [9.17, 15) is 9.59 Å². The minimum atomic E-state index is -0.447. The summed E-state index contributed by atoms with van der Waals surface area (Å²) >= 11 is 6.07. The van der Waals surface area contributed by atoms with Crippen LogP contribution in [0.2, 0.25) is 5.02 Å². The van der Waals surface area contributed by atoms with Crippen LogP contribution in [0.3, 0.4) is 0 Å². The lowest BCUT2D eigenvalue weighted by atomic mass is 9.63. The highest BCUT2D eigenvalue weighted by atomic mass is 35.5. The van der Waals surface area contributed by atoms with E-state index in [0.717, 1.165) is 24.8 Å². The SMILES string of the molecule is NC(=O)[C@H]1CCN(C(=O)C2(c3cccc(Cl)c3)CCC2)C1. The molecule has 112 valence electrons. The van der Waals surface area contributed by atoms with Gasteiger partial charge in [0, 0.05) is 18.1 Å². The van der Waals surface area contributed by atoms with Gasteiger partial charge in [0.25, 0.3) is 0 Å². The average molecular weight is 307 g/mol. The highest BCUT2D eigenvalue weighted by molar-refractivity contribution is 6.30. The summed E-state index contributed by atoms with van der Waals surface area (Å²) in [6.45, 7) is 1.07. The Kier molecular flexibility index (Phi) is 3.66. The maximum atomic E-state index is 13.0. The molecular weight excluding hydrogens is 288 g/mol. The molecule has 1 saturated carbocycles. The zero-order chi connectivity index (χ0) is 15.0. The predicted molar refractivity (Wildman–Crippen MR) is 80.9 cm³/mol. The summed E-state index contributed by atoms with van der Waals surface area (Å²) in [5.41, 5.74) is 5.90. The molecule has 4 nitrogen and oxygen atoms in total. The molecule has 0 spiro atoms. The normalized spacial score (nSPS) is 23.7. The molecular formula is C16H19ClN2O2. The number of amides is 2. The number of carbonyl (C=O) groups is 2. The number of benzene rings is 1. The summed E-state index contributed by atoms with van der Waals surface area (Å²) in [5.74, 6) is -0.388. The van der Waals surface area contributed by atoms with Crippen molar-refractivity contribution in [3.8, 4) is 0 Å². The van der Waals surface area contributed by atoms with Gasteiger partial charge >= 0.3 is 0 Å². The van der Waals surface area contributed by atoms with Crippen molar-refractivity contribution in [2.24, 2.45) is 11.7 Å². The number of likely N-dealkylation sites (tertiary alicyclic amines) is 1. The van der Waals surface area contributed by atoms with Gasteiger partial charge < -0.3 is 10.6 Å². The summed E-state index contributed by atoms with van der Waals surface area (Å²) in [4.78, 5) is 26.0. The summed E-state index contributed by atoms with van der Waals surface area (Å²) in [5, 5.41) is 0.656. The van der Waals surface area contributed by atoms with E-state index in [1.807, 2.05) is 24.3 Å². The van der Waals surface area contributed by atoms with E-state index in [1.165, 1.54) is 0 Å². The maximum absolute atomic E-state index is 13.0. The first-order chi connectivity index (χ1) is 10.0. The molecule has 2 fully saturated rings. The molecule has 1 atom stereocenters. The first-order valence-corrected chi connectivity index (χ1v) is 7.75. The lowest BCUT2D eigenvalue weighted by Crippen LogP contribution is -2.50. The molecule has 1 aliphatic carbocycles. The fraction of sp³-hybridized carbons (Fsp3) is 0.500. The highest BCUT2D eigenvalue weighted by Gasteiger charge is 2.49. The van der Waals surface area contributed by atoms with Gasteiger partial charge in [-0.3, -0.25) is 9.59 Å². The second-order valence-electron chi connectivity index (χ2n) is 6.09. The highest BCUT2D eigenvalue weighted by Crippen LogP contribution is 2.46.